The minimum absolute atomic E-state index is 0.0687. The van der Waals surface area contributed by atoms with Crippen molar-refractivity contribution in [2.45, 2.75) is 59.0 Å². The van der Waals surface area contributed by atoms with E-state index in [9.17, 15) is 4.79 Å². The van der Waals surface area contributed by atoms with Crippen molar-refractivity contribution in [1.82, 2.24) is 4.98 Å². The van der Waals surface area contributed by atoms with E-state index in [4.69, 9.17) is 14.2 Å². The molecule has 0 bridgehead atoms. The van der Waals surface area contributed by atoms with Crippen molar-refractivity contribution in [2.24, 2.45) is 5.92 Å². The molecule has 1 aromatic heterocycles. The number of nitrogens with zero attached hydrogens (tertiary/aromatic N) is 1. The molecule has 0 aliphatic heterocycles. The van der Waals surface area contributed by atoms with Crippen LogP contribution in [0.1, 0.15) is 52.1 Å². The highest BCUT2D eigenvalue weighted by Gasteiger charge is 2.42. The quantitative estimate of drug-likeness (QED) is 0.676. The van der Waals surface area contributed by atoms with Crippen LogP contribution in [0.3, 0.4) is 0 Å². The Balaban J connectivity index is 2.03. The molecule has 0 aromatic carbocycles. The second-order valence-corrected chi connectivity index (χ2v) is 6.91. The smallest absolute Gasteiger partial charge is 0.256 e. The summed E-state index contributed by atoms with van der Waals surface area (Å²) in [6.45, 7) is 10.1. The molecule has 146 valence electrons. The molecule has 1 amide bonds. The van der Waals surface area contributed by atoms with Gasteiger partial charge >= 0.3 is 0 Å². The Morgan fingerprint density at radius 1 is 1.31 bits per heavy atom. The van der Waals surface area contributed by atoms with E-state index < -0.39 is 5.60 Å². The lowest BCUT2D eigenvalue weighted by atomic mass is 9.78. The Hall–Kier alpha value is -1.66. The van der Waals surface area contributed by atoms with Gasteiger partial charge in [-0.1, -0.05) is 13.3 Å². The monoisotopic (exact) mass is 364 g/mol. The van der Waals surface area contributed by atoms with E-state index in [0.29, 0.717) is 43.9 Å². The zero-order valence-corrected chi connectivity index (χ0v) is 16.5. The van der Waals surface area contributed by atoms with Crippen molar-refractivity contribution in [1.29, 1.82) is 0 Å². The van der Waals surface area contributed by atoms with Crippen LogP contribution in [0.25, 0.3) is 0 Å². The first-order valence-corrected chi connectivity index (χ1v) is 9.64. The number of nitrogens with one attached hydrogen (secondary N) is 1. The fraction of sp³-hybridized carbons (Fsp3) is 0.700. The van der Waals surface area contributed by atoms with Crippen molar-refractivity contribution in [3.05, 3.63) is 17.8 Å². The first-order chi connectivity index (χ1) is 12.5. The van der Waals surface area contributed by atoms with E-state index >= 15 is 0 Å². The van der Waals surface area contributed by atoms with Crippen LogP contribution in [0.4, 0.5) is 5.69 Å². The molecule has 2 unspecified atom stereocenters. The average Bonchev–Trinajstić information content (AvgIpc) is 2.61. The van der Waals surface area contributed by atoms with E-state index in [-0.39, 0.29) is 5.91 Å². The normalized spacial score (nSPS) is 22.8. The van der Waals surface area contributed by atoms with Crippen LogP contribution in [0.5, 0.6) is 5.88 Å². The Kier molecular flexibility index (Phi) is 7.85. The summed E-state index contributed by atoms with van der Waals surface area (Å²) in [6, 6.07) is 3.60. The Labute approximate surface area is 156 Å². The highest BCUT2D eigenvalue weighted by Crippen LogP contribution is 2.36. The molecule has 1 aliphatic rings. The zero-order chi connectivity index (χ0) is 19.0. The molecule has 0 spiro atoms. The van der Waals surface area contributed by atoms with Gasteiger partial charge in [0.2, 0.25) is 5.88 Å². The maximum atomic E-state index is 13.0. The van der Waals surface area contributed by atoms with Gasteiger partial charge in [-0.3, -0.25) is 4.79 Å². The number of anilines is 1. The van der Waals surface area contributed by atoms with Crippen molar-refractivity contribution in [3.63, 3.8) is 0 Å². The SMILES string of the molecule is CCOCCOc1ccc(NC(=O)C2(OCC)CCCC(C)C2)c(C)n1. The van der Waals surface area contributed by atoms with Gasteiger partial charge < -0.3 is 19.5 Å². The third kappa shape index (κ3) is 5.42. The number of ether oxygens (including phenoxy) is 3. The van der Waals surface area contributed by atoms with Crippen molar-refractivity contribution in [3.8, 4) is 5.88 Å². The predicted molar refractivity (Wildman–Crippen MR) is 102 cm³/mol. The van der Waals surface area contributed by atoms with Crippen LogP contribution in [0.15, 0.2) is 12.1 Å². The number of hydrogen-bond acceptors (Lipinski definition) is 5. The second-order valence-electron chi connectivity index (χ2n) is 6.91. The first kappa shape index (κ1) is 20.6. The molecular weight excluding hydrogens is 332 g/mol. The summed E-state index contributed by atoms with van der Waals surface area (Å²) in [6.07, 6.45) is 3.69. The van der Waals surface area contributed by atoms with Crippen molar-refractivity contribution < 1.29 is 19.0 Å². The number of carbonyl (C=O) groups is 1. The van der Waals surface area contributed by atoms with Gasteiger partial charge in [-0.05, 0) is 52.0 Å². The average molecular weight is 364 g/mol. The number of hydrogen-bond donors (Lipinski definition) is 1. The van der Waals surface area contributed by atoms with Gasteiger partial charge in [0.1, 0.15) is 12.2 Å². The summed E-state index contributed by atoms with van der Waals surface area (Å²) in [7, 11) is 0. The lowest BCUT2D eigenvalue weighted by Crippen LogP contribution is -2.48. The molecule has 1 saturated carbocycles. The molecule has 1 fully saturated rings. The summed E-state index contributed by atoms with van der Waals surface area (Å²) in [5, 5.41) is 3.02. The third-order valence-corrected chi connectivity index (χ3v) is 4.78. The Morgan fingerprint density at radius 3 is 2.77 bits per heavy atom. The fourth-order valence-electron chi connectivity index (χ4n) is 3.52. The van der Waals surface area contributed by atoms with Crippen molar-refractivity contribution >= 4 is 11.6 Å². The summed E-state index contributed by atoms with van der Waals surface area (Å²) in [5.74, 6) is 0.952. The lowest BCUT2D eigenvalue weighted by Gasteiger charge is -2.38. The van der Waals surface area contributed by atoms with E-state index in [1.165, 1.54) is 0 Å². The molecule has 1 aromatic rings. The lowest BCUT2D eigenvalue weighted by molar-refractivity contribution is -0.147. The van der Waals surface area contributed by atoms with Gasteiger partial charge in [0.05, 0.1) is 18.0 Å². The van der Waals surface area contributed by atoms with Crippen LogP contribution < -0.4 is 10.1 Å². The van der Waals surface area contributed by atoms with E-state index in [1.54, 1.807) is 6.07 Å². The van der Waals surface area contributed by atoms with E-state index in [2.05, 4.69) is 17.2 Å². The Morgan fingerprint density at radius 2 is 2.12 bits per heavy atom. The topological polar surface area (TPSA) is 69.7 Å². The van der Waals surface area contributed by atoms with Crippen LogP contribution in [0, 0.1) is 12.8 Å². The highest BCUT2D eigenvalue weighted by atomic mass is 16.5. The summed E-state index contributed by atoms with van der Waals surface area (Å²) in [5.41, 5.74) is 0.693. The minimum atomic E-state index is -0.731. The largest absolute Gasteiger partial charge is 0.475 e. The minimum Gasteiger partial charge on any atom is -0.475 e. The second kappa shape index (κ2) is 9.88. The Bertz CT molecular complexity index is 589. The van der Waals surface area contributed by atoms with Gasteiger partial charge in [0, 0.05) is 19.3 Å². The fourth-order valence-corrected chi connectivity index (χ4v) is 3.52. The van der Waals surface area contributed by atoms with E-state index in [1.807, 2.05) is 26.8 Å². The number of aromatic nitrogens is 1. The molecule has 2 rings (SSSR count). The molecule has 2 atom stereocenters. The maximum Gasteiger partial charge on any atom is 0.256 e. The standard InChI is InChI=1S/C20H32N2O4/c1-5-24-12-13-25-18-10-9-17(16(4)21-18)22-19(23)20(26-6-2)11-7-8-15(3)14-20/h9-10,15H,5-8,11-14H2,1-4H3,(H,22,23). The number of aryl methyl sites for hydroxylation is 1. The predicted octanol–water partition coefficient (Wildman–Crippen LogP) is 3.73. The number of carbonyl (C=O) groups excluding carboxylic acids is 1. The first-order valence-electron chi connectivity index (χ1n) is 9.64. The molecule has 1 aliphatic carbocycles. The van der Waals surface area contributed by atoms with Gasteiger partial charge in [0.25, 0.3) is 5.91 Å². The number of amides is 1. The summed E-state index contributed by atoms with van der Waals surface area (Å²) in [4.78, 5) is 17.4. The van der Waals surface area contributed by atoms with Crippen LogP contribution in [-0.4, -0.2) is 42.9 Å². The molecule has 0 saturated heterocycles. The third-order valence-electron chi connectivity index (χ3n) is 4.78. The van der Waals surface area contributed by atoms with Crippen LogP contribution >= 0.6 is 0 Å². The van der Waals surface area contributed by atoms with Gasteiger partial charge in [-0.15, -0.1) is 0 Å². The van der Waals surface area contributed by atoms with Crippen LogP contribution in [-0.2, 0) is 14.3 Å². The summed E-state index contributed by atoms with van der Waals surface area (Å²) < 4.78 is 16.8. The number of rotatable bonds is 9. The molecule has 26 heavy (non-hydrogen) atoms. The zero-order valence-electron chi connectivity index (χ0n) is 16.5. The molecule has 6 nitrogen and oxygen atoms in total. The van der Waals surface area contributed by atoms with Crippen molar-refractivity contribution in [2.75, 3.05) is 31.7 Å². The highest BCUT2D eigenvalue weighted by molar-refractivity contribution is 5.97. The number of pyridine rings is 1. The molecule has 1 heterocycles. The summed E-state index contributed by atoms with van der Waals surface area (Å²) >= 11 is 0. The molecular formula is C20H32N2O4. The van der Waals surface area contributed by atoms with Gasteiger partial charge in [-0.25, -0.2) is 4.98 Å². The molecule has 1 N–H and O–H groups in total. The van der Waals surface area contributed by atoms with Crippen LogP contribution in [0.2, 0.25) is 0 Å². The van der Waals surface area contributed by atoms with Gasteiger partial charge in [-0.2, -0.15) is 0 Å². The van der Waals surface area contributed by atoms with Gasteiger partial charge in [0.15, 0.2) is 0 Å². The van der Waals surface area contributed by atoms with E-state index in [0.717, 1.165) is 31.4 Å². The molecule has 0 radical (unpaired) electrons. The molecule has 6 heteroatoms. The maximum absolute atomic E-state index is 13.0.